The van der Waals surface area contributed by atoms with Gasteiger partial charge in [-0.1, -0.05) is 88.7 Å². The Bertz CT molecular complexity index is 1050. The predicted octanol–water partition coefficient (Wildman–Crippen LogP) is 4.29. The zero-order valence-electron chi connectivity index (χ0n) is 20.7. The second-order valence-electron chi connectivity index (χ2n) is 9.62. The van der Waals surface area contributed by atoms with Crippen LogP contribution in [-0.4, -0.2) is 65.7 Å². The molecule has 190 valence electrons. The van der Waals surface area contributed by atoms with Crippen molar-refractivity contribution in [3.8, 4) is 0 Å². The standard InChI is InChI=1S/C30H36BrN3O2/c31-27-14-11-24(12-15-27)13-16-30(36)32-28(21-25-7-3-1-4-8-25)29(35)23-34-19-17-33(18-20-34)22-26-9-5-2-6-10-26/h1-12,14-15,28-29,35H,13,16-23H2,(H,32,36)/t28-,29-/m0/s1. The second kappa shape index (κ2) is 13.7. The summed E-state index contributed by atoms with van der Waals surface area (Å²) in [5.41, 5.74) is 3.57. The average molecular weight is 551 g/mol. The van der Waals surface area contributed by atoms with Crippen LogP contribution in [0, 0.1) is 0 Å². The van der Waals surface area contributed by atoms with E-state index in [0.717, 1.165) is 48.3 Å². The molecule has 3 aromatic carbocycles. The van der Waals surface area contributed by atoms with Crippen LogP contribution < -0.4 is 5.32 Å². The molecule has 2 N–H and O–H groups in total. The number of carbonyl (C=O) groups excluding carboxylic acids is 1. The van der Waals surface area contributed by atoms with Crippen molar-refractivity contribution in [3.63, 3.8) is 0 Å². The minimum absolute atomic E-state index is 0.0226. The number of aliphatic hydroxyl groups is 1. The smallest absolute Gasteiger partial charge is 0.220 e. The lowest BCUT2D eigenvalue weighted by Crippen LogP contribution is -2.53. The molecule has 36 heavy (non-hydrogen) atoms. The number of amides is 1. The van der Waals surface area contributed by atoms with Gasteiger partial charge in [0.05, 0.1) is 12.1 Å². The Kier molecular flexibility index (Phi) is 10.1. The van der Waals surface area contributed by atoms with E-state index >= 15 is 0 Å². The van der Waals surface area contributed by atoms with Gasteiger partial charge in [-0.25, -0.2) is 0 Å². The molecule has 0 aromatic heterocycles. The molecule has 0 unspecified atom stereocenters. The molecular formula is C30H36BrN3O2. The van der Waals surface area contributed by atoms with Crippen LogP contribution in [0.2, 0.25) is 0 Å². The molecule has 5 nitrogen and oxygen atoms in total. The number of benzene rings is 3. The van der Waals surface area contributed by atoms with Crippen LogP contribution in [0.25, 0.3) is 0 Å². The molecule has 4 rings (SSSR count). The highest BCUT2D eigenvalue weighted by molar-refractivity contribution is 9.10. The highest BCUT2D eigenvalue weighted by atomic mass is 79.9. The summed E-state index contributed by atoms with van der Waals surface area (Å²) in [6.07, 6.45) is 1.05. The number of hydrogen-bond donors (Lipinski definition) is 2. The Morgan fingerprint density at radius 2 is 1.39 bits per heavy atom. The van der Waals surface area contributed by atoms with Gasteiger partial charge in [0, 0.05) is 50.2 Å². The number of piperazine rings is 1. The number of nitrogens with one attached hydrogen (secondary N) is 1. The monoisotopic (exact) mass is 549 g/mol. The molecule has 0 bridgehead atoms. The van der Waals surface area contributed by atoms with Crippen molar-refractivity contribution in [2.45, 2.75) is 38.0 Å². The van der Waals surface area contributed by atoms with Gasteiger partial charge < -0.3 is 10.4 Å². The van der Waals surface area contributed by atoms with E-state index in [2.05, 4.69) is 67.4 Å². The van der Waals surface area contributed by atoms with E-state index < -0.39 is 6.10 Å². The number of nitrogens with zero attached hydrogens (tertiary/aromatic N) is 2. The molecular weight excluding hydrogens is 514 g/mol. The van der Waals surface area contributed by atoms with Gasteiger partial charge >= 0.3 is 0 Å². The van der Waals surface area contributed by atoms with Crippen LogP contribution in [0.5, 0.6) is 0 Å². The molecule has 0 saturated carbocycles. The fraction of sp³-hybridized carbons (Fsp3) is 0.367. The van der Waals surface area contributed by atoms with E-state index in [0.29, 0.717) is 25.8 Å². The maximum atomic E-state index is 12.8. The summed E-state index contributed by atoms with van der Waals surface area (Å²) in [4.78, 5) is 17.6. The average Bonchev–Trinajstić information content (AvgIpc) is 2.90. The molecule has 3 aromatic rings. The highest BCUT2D eigenvalue weighted by Crippen LogP contribution is 2.14. The highest BCUT2D eigenvalue weighted by Gasteiger charge is 2.26. The SMILES string of the molecule is O=C(CCc1ccc(Br)cc1)N[C@@H](Cc1ccccc1)[C@@H](O)CN1CCN(Cc2ccccc2)CC1. The molecule has 1 saturated heterocycles. The fourth-order valence-electron chi connectivity index (χ4n) is 4.70. The van der Waals surface area contributed by atoms with Crippen LogP contribution in [0.15, 0.2) is 89.4 Å². The summed E-state index contributed by atoms with van der Waals surface area (Å²) < 4.78 is 1.03. The van der Waals surface area contributed by atoms with Crippen molar-refractivity contribution in [2.75, 3.05) is 32.7 Å². The number of aliphatic hydroxyl groups excluding tert-OH is 1. The van der Waals surface area contributed by atoms with Crippen molar-refractivity contribution in [1.29, 1.82) is 0 Å². The van der Waals surface area contributed by atoms with Crippen molar-refractivity contribution in [3.05, 3.63) is 106 Å². The van der Waals surface area contributed by atoms with Crippen molar-refractivity contribution >= 4 is 21.8 Å². The zero-order valence-corrected chi connectivity index (χ0v) is 22.3. The lowest BCUT2D eigenvalue weighted by Gasteiger charge is -2.37. The van der Waals surface area contributed by atoms with Gasteiger partial charge in [-0.05, 0) is 41.7 Å². The fourth-order valence-corrected chi connectivity index (χ4v) is 4.97. The Labute approximate surface area is 223 Å². The van der Waals surface area contributed by atoms with E-state index in [9.17, 15) is 9.90 Å². The van der Waals surface area contributed by atoms with Gasteiger partial charge in [-0.2, -0.15) is 0 Å². The van der Waals surface area contributed by atoms with Gasteiger partial charge in [0.2, 0.25) is 5.91 Å². The van der Waals surface area contributed by atoms with Gasteiger partial charge in [-0.3, -0.25) is 14.6 Å². The zero-order chi connectivity index (χ0) is 25.2. The minimum atomic E-state index is -0.637. The molecule has 1 fully saturated rings. The number of hydrogen-bond acceptors (Lipinski definition) is 4. The number of aryl methyl sites for hydroxylation is 1. The van der Waals surface area contributed by atoms with Crippen molar-refractivity contribution < 1.29 is 9.90 Å². The number of rotatable bonds is 11. The van der Waals surface area contributed by atoms with Crippen molar-refractivity contribution in [2.24, 2.45) is 0 Å². The maximum Gasteiger partial charge on any atom is 0.220 e. The molecule has 0 aliphatic carbocycles. The quantitative estimate of drug-likeness (QED) is 0.374. The van der Waals surface area contributed by atoms with Crippen LogP contribution in [0.4, 0.5) is 0 Å². The third-order valence-electron chi connectivity index (χ3n) is 6.82. The summed E-state index contributed by atoms with van der Waals surface area (Å²) in [6.45, 7) is 5.31. The van der Waals surface area contributed by atoms with Crippen molar-refractivity contribution in [1.82, 2.24) is 15.1 Å². The molecule has 0 spiro atoms. The molecule has 1 aliphatic rings. The molecule has 1 heterocycles. The van der Waals surface area contributed by atoms with Gasteiger partial charge in [-0.15, -0.1) is 0 Å². The maximum absolute atomic E-state index is 12.8. The normalized spacial score (nSPS) is 16.4. The number of β-amino-alcohol motifs (C(OH)–C–C–N with tert-alkyl or cyclic N) is 1. The molecule has 2 atom stereocenters. The number of carbonyl (C=O) groups is 1. The Morgan fingerprint density at radius 3 is 2.03 bits per heavy atom. The minimum Gasteiger partial charge on any atom is -0.390 e. The van der Waals surface area contributed by atoms with E-state index in [1.54, 1.807) is 0 Å². The summed E-state index contributed by atoms with van der Waals surface area (Å²) in [7, 11) is 0. The molecule has 6 heteroatoms. The van der Waals surface area contributed by atoms with Crippen LogP contribution in [-0.2, 0) is 24.2 Å². The third kappa shape index (κ3) is 8.56. The first-order valence-corrected chi connectivity index (χ1v) is 13.6. The first-order valence-electron chi connectivity index (χ1n) is 12.8. The Hall–Kier alpha value is -2.51. The number of halogens is 1. The van der Waals surface area contributed by atoms with Gasteiger partial charge in [0.25, 0.3) is 0 Å². The largest absolute Gasteiger partial charge is 0.390 e. The Morgan fingerprint density at radius 1 is 0.806 bits per heavy atom. The summed E-state index contributed by atoms with van der Waals surface area (Å²) in [5, 5.41) is 14.4. The van der Waals surface area contributed by atoms with E-state index in [1.165, 1.54) is 5.56 Å². The van der Waals surface area contributed by atoms with E-state index in [-0.39, 0.29) is 11.9 Å². The molecule has 1 aliphatic heterocycles. The van der Waals surface area contributed by atoms with Crippen LogP contribution in [0.3, 0.4) is 0 Å². The summed E-state index contributed by atoms with van der Waals surface area (Å²) in [6, 6.07) is 28.4. The molecule has 0 radical (unpaired) electrons. The summed E-state index contributed by atoms with van der Waals surface area (Å²) >= 11 is 3.45. The Balaban J connectivity index is 1.30. The van der Waals surface area contributed by atoms with Gasteiger partial charge in [0.1, 0.15) is 0 Å². The topological polar surface area (TPSA) is 55.8 Å². The van der Waals surface area contributed by atoms with Gasteiger partial charge in [0.15, 0.2) is 0 Å². The third-order valence-corrected chi connectivity index (χ3v) is 7.35. The lowest BCUT2D eigenvalue weighted by atomic mass is 10.00. The second-order valence-corrected chi connectivity index (χ2v) is 10.5. The predicted molar refractivity (Wildman–Crippen MR) is 149 cm³/mol. The first kappa shape index (κ1) is 26.6. The lowest BCUT2D eigenvalue weighted by molar-refractivity contribution is -0.122. The van der Waals surface area contributed by atoms with Crippen LogP contribution >= 0.6 is 15.9 Å². The summed E-state index contributed by atoms with van der Waals surface area (Å²) in [5.74, 6) is -0.0226. The molecule has 1 amide bonds. The first-order chi connectivity index (χ1) is 17.5. The van der Waals surface area contributed by atoms with Crippen LogP contribution in [0.1, 0.15) is 23.1 Å². The van der Waals surface area contributed by atoms with E-state index in [1.807, 2.05) is 48.5 Å². The van der Waals surface area contributed by atoms with E-state index in [4.69, 9.17) is 0 Å².